The first-order valence-electron chi connectivity index (χ1n) is 17.7. The zero-order valence-corrected chi connectivity index (χ0v) is 36.4. The molecule has 0 aliphatic carbocycles. The number of nitrogens with zero attached hydrogens (tertiary/aromatic N) is 4. The van der Waals surface area contributed by atoms with E-state index in [1.165, 1.54) is 12.4 Å². The Bertz CT molecular complexity index is 2820. The Hall–Kier alpha value is -5.53. The van der Waals surface area contributed by atoms with Crippen LogP contribution >= 0.6 is 69.6 Å². The molecule has 0 saturated heterocycles. The molecule has 0 fully saturated rings. The van der Waals surface area contributed by atoms with Crippen LogP contribution in [0.5, 0.6) is 11.5 Å². The molecule has 17 heteroatoms. The molecular formula is C44H32Cl6F2N6O3. The summed E-state index contributed by atoms with van der Waals surface area (Å²) < 4.78 is 27.6. The van der Waals surface area contributed by atoms with E-state index in [-0.39, 0.29) is 38.7 Å². The molecule has 8 aromatic rings. The molecule has 4 heterocycles. The monoisotopic (exact) mass is 940 g/mol. The fourth-order valence-electron chi connectivity index (χ4n) is 5.52. The Morgan fingerprint density at radius 3 is 1.80 bits per heavy atom. The van der Waals surface area contributed by atoms with E-state index in [1.54, 1.807) is 86.9 Å². The highest BCUT2D eigenvalue weighted by Gasteiger charge is 2.25. The van der Waals surface area contributed by atoms with Gasteiger partial charge in [-0.05, 0) is 49.7 Å². The summed E-state index contributed by atoms with van der Waals surface area (Å²) in [5.74, 6) is -1.08. The second kappa shape index (κ2) is 21.3. The molecule has 4 aromatic heterocycles. The van der Waals surface area contributed by atoms with E-state index in [4.69, 9.17) is 75.3 Å². The summed E-state index contributed by atoms with van der Waals surface area (Å²) in [7, 11) is 0. The number of benzene rings is 4. The smallest absolute Gasteiger partial charge is 0.169 e. The van der Waals surface area contributed by atoms with E-state index in [2.05, 4.69) is 25.3 Å². The number of phenolic OH excluding ortho intramolecular Hbond substituents is 2. The molecule has 312 valence electrons. The fraction of sp³-hybridized carbons (Fsp3) is 0.0682. The predicted molar refractivity (Wildman–Crippen MR) is 243 cm³/mol. The van der Waals surface area contributed by atoms with Gasteiger partial charge in [0.25, 0.3) is 0 Å². The summed E-state index contributed by atoms with van der Waals surface area (Å²) in [4.78, 5) is 26.1. The number of aromatic hydroxyl groups is 2. The van der Waals surface area contributed by atoms with E-state index in [9.17, 15) is 23.8 Å². The summed E-state index contributed by atoms with van der Waals surface area (Å²) in [5, 5.41) is 26.9. The SMILES string of the molecule is Cc1c(Cl)cnc(N)c1F.Cc1c(Cl)cnc(NC(c2cccc(Cl)c2Cl)c2ccc3cccnc3c2O)c1F.O=Cc1cccc(Cl)c1Cl.Oc1cccc2cccnc12. The van der Waals surface area contributed by atoms with Gasteiger partial charge in [-0.2, -0.15) is 0 Å². The van der Waals surface area contributed by atoms with Crippen LogP contribution in [-0.4, -0.2) is 36.4 Å². The molecule has 0 amide bonds. The molecule has 61 heavy (non-hydrogen) atoms. The van der Waals surface area contributed by atoms with Crippen molar-refractivity contribution in [2.24, 2.45) is 0 Å². The third kappa shape index (κ3) is 11.2. The quantitative estimate of drug-likeness (QED) is 0.124. The number of hydrogen-bond donors (Lipinski definition) is 4. The Labute approximate surface area is 378 Å². The molecule has 0 spiro atoms. The third-order valence-electron chi connectivity index (χ3n) is 8.82. The Morgan fingerprint density at radius 1 is 0.623 bits per heavy atom. The zero-order valence-electron chi connectivity index (χ0n) is 31.8. The highest BCUT2D eigenvalue weighted by atomic mass is 35.5. The van der Waals surface area contributed by atoms with Gasteiger partial charge in [0.05, 0.1) is 36.2 Å². The van der Waals surface area contributed by atoms with Crippen LogP contribution < -0.4 is 11.1 Å². The first-order chi connectivity index (χ1) is 29.1. The molecular weight excluding hydrogens is 911 g/mol. The van der Waals surface area contributed by atoms with Gasteiger partial charge in [0.1, 0.15) is 22.5 Å². The standard InChI is InChI=1S/C22H15Cl3FN3O.C9H7NO.C7H4Cl2O.C6H6ClFN2/c1-11-16(24)10-28-22(18(11)26)29-20(13-5-2-6-15(23)17(13)25)14-8-7-12-4-3-9-27-19(12)21(14)30;11-8-5-1-3-7-4-2-6-10-9(7)8;8-6-3-1-2-5(4-10)7(6)9;1-3-4(7)2-10-6(9)5(3)8/h2-10,20,30H,1H3,(H,28,29);1-6,11H;1-4H;2H,1H3,(H2,9,10). The molecule has 0 aliphatic heterocycles. The lowest BCUT2D eigenvalue weighted by molar-refractivity contribution is 0.112. The molecule has 0 radical (unpaired) electrons. The van der Waals surface area contributed by atoms with Crippen LogP contribution in [0.15, 0.2) is 116 Å². The minimum atomic E-state index is -0.759. The van der Waals surface area contributed by atoms with Gasteiger partial charge in [0, 0.05) is 57.8 Å². The Morgan fingerprint density at radius 2 is 1.18 bits per heavy atom. The summed E-state index contributed by atoms with van der Waals surface area (Å²) in [6.07, 6.45) is 6.62. The molecule has 1 atom stereocenters. The van der Waals surface area contributed by atoms with Crippen molar-refractivity contribution in [3.63, 3.8) is 0 Å². The number of aldehydes is 1. The average Bonchev–Trinajstić information content (AvgIpc) is 3.27. The van der Waals surface area contributed by atoms with Crippen LogP contribution in [0.25, 0.3) is 21.8 Å². The van der Waals surface area contributed by atoms with Crippen LogP contribution in [-0.2, 0) is 0 Å². The predicted octanol–water partition coefficient (Wildman–Crippen LogP) is 13.5. The fourth-order valence-corrected chi connectivity index (χ4v) is 6.55. The number of carbonyl (C=O) groups excluding carboxylic acids is 1. The number of nitrogens with two attached hydrogens (primary N) is 1. The second-order valence-corrected chi connectivity index (χ2v) is 15.1. The van der Waals surface area contributed by atoms with E-state index in [0.717, 1.165) is 10.8 Å². The first kappa shape index (κ1) is 46.5. The normalized spacial score (nSPS) is 11.0. The number of hydrogen-bond acceptors (Lipinski definition) is 9. The maximum absolute atomic E-state index is 14.8. The van der Waals surface area contributed by atoms with Crippen molar-refractivity contribution < 1.29 is 23.8 Å². The van der Waals surface area contributed by atoms with Crippen LogP contribution in [0.4, 0.5) is 20.4 Å². The maximum Gasteiger partial charge on any atom is 0.169 e. The lowest BCUT2D eigenvalue weighted by Gasteiger charge is -2.24. The second-order valence-electron chi connectivity index (χ2n) is 12.7. The van der Waals surface area contributed by atoms with Gasteiger partial charge in [-0.25, -0.2) is 18.7 Å². The molecule has 1 unspecified atom stereocenters. The number of pyridine rings is 4. The van der Waals surface area contributed by atoms with Gasteiger partial charge in [0.15, 0.2) is 29.6 Å². The molecule has 0 aliphatic rings. The highest BCUT2D eigenvalue weighted by molar-refractivity contribution is 6.43. The Balaban J connectivity index is 0.000000184. The number of phenols is 2. The van der Waals surface area contributed by atoms with E-state index < -0.39 is 17.7 Å². The van der Waals surface area contributed by atoms with Gasteiger partial charge in [-0.15, -0.1) is 0 Å². The number of aromatic nitrogens is 4. The van der Waals surface area contributed by atoms with Gasteiger partial charge in [-0.1, -0.05) is 130 Å². The average molecular weight is 943 g/mol. The summed E-state index contributed by atoms with van der Waals surface area (Å²) in [6.45, 7) is 3.11. The molecule has 4 aromatic carbocycles. The molecule has 0 saturated carbocycles. The number of nitrogen functional groups attached to an aromatic ring is 1. The third-order valence-corrected chi connectivity index (χ3v) is 11.2. The van der Waals surface area contributed by atoms with Crippen molar-refractivity contribution in [2.45, 2.75) is 19.9 Å². The van der Waals surface area contributed by atoms with Gasteiger partial charge >= 0.3 is 0 Å². The topological polar surface area (TPSA) is 147 Å². The highest BCUT2D eigenvalue weighted by Crippen LogP contribution is 2.41. The molecule has 9 nitrogen and oxygen atoms in total. The number of nitrogens with one attached hydrogen (secondary N) is 1. The first-order valence-corrected chi connectivity index (χ1v) is 20.0. The summed E-state index contributed by atoms with van der Waals surface area (Å²) >= 11 is 35.4. The van der Waals surface area contributed by atoms with Gasteiger partial charge < -0.3 is 21.3 Å². The summed E-state index contributed by atoms with van der Waals surface area (Å²) in [6, 6.07) is 25.6. The maximum atomic E-state index is 14.8. The number of halogens is 8. The van der Waals surface area contributed by atoms with Gasteiger partial charge in [0.2, 0.25) is 0 Å². The minimum Gasteiger partial charge on any atom is -0.506 e. The number of rotatable bonds is 5. The van der Waals surface area contributed by atoms with Crippen molar-refractivity contribution >= 4 is 109 Å². The minimum absolute atomic E-state index is 0.0292. The van der Waals surface area contributed by atoms with Crippen LogP contribution in [0, 0.1) is 25.5 Å². The van der Waals surface area contributed by atoms with Gasteiger partial charge in [-0.3, -0.25) is 14.8 Å². The largest absolute Gasteiger partial charge is 0.506 e. The lowest BCUT2D eigenvalue weighted by Crippen LogP contribution is -2.16. The molecule has 8 rings (SSSR count). The van der Waals surface area contributed by atoms with E-state index in [1.807, 2.05) is 30.3 Å². The number of carbonyl (C=O) groups is 1. The van der Waals surface area contributed by atoms with Crippen LogP contribution in [0.1, 0.15) is 38.7 Å². The number of anilines is 2. The number of para-hydroxylation sites is 1. The van der Waals surface area contributed by atoms with Crippen LogP contribution in [0.3, 0.4) is 0 Å². The lowest BCUT2D eigenvalue weighted by atomic mass is 9.96. The summed E-state index contributed by atoms with van der Waals surface area (Å²) in [5.41, 5.74) is 8.24. The van der Waals surface area contributed by atoms with E-state index in [0.29, 0.717) is 59.7 Å². The van der Waals surface area contributed by atoms with Crippen molar-refractivity contribution in [2.75, 3.05) is 11.1 Å². The number of fused-ring (bicyclic) bond motifs is 2. The Kier molecular flexibility index (Phi) is 16.3. The van der Waals surface area contributed by atoms with Crippen molar-refractivity contribution in [1.29, 1.82) is 0 Å². The molecule has 0 bridgehead atoms. The van der Waals surface area contributed by atoms with Crippen molar-refractivity contribution in [1.82, 2.24) is 19.9 Å². The zero-order chi connectivity index (χ0) is 44.4. The van der Waals surface area contributed by atoms with Crippen LogP contribution in [0.2, 0.25) is 30.1 Å². The van der Waals surface area contributed by atoms with Crippen molar-refractivity contribution in [3.8, 4) is 11.5 Å². The molecule has 5 N–H and O–H groups in total. The van der Waals surface area contributed by atoms with E-state index >= 15 is 0 Å². The van der Waals surface area contributed by atoms with Crippen molar-refractivity contribution in [3.05, 3.63) is 185 Å².